The molecule has 1 aromatic carbocycles. The first kappa shape index (κ1) is 12.8. The van der Waals surface area contributed by atoms with Crippen molar-refractivity contribution < 1.29 is 17.1 Å². The molecular weight excluding hydrogens is 254 g/mol. The van der Waals surface area contributed by atoms with Crippen LogP contribution in [-0.2, 0) is 20.9 Å². The van der Waals surface area contributed by atoms with E-state index in [0.717, 1.165) is 28.8 Å². The number of aromatic nitrogens is 1. The lowest BCUT2D eigenvalue weighted by molar-refractivity contribution is 0.312. The van der Waals surface area contributed by atoms with Crippen molar-refractivity contribution in [3.63, 3.8) is 0 Å². The van der Waals surface area contributed by atoms with Gasteiger partial charge < -0.3 is 4.52 Å². The maximum absolute atomic E-state index is 10.9. The van der Waals surface area contributed by atoms with Crippen LogP contribution in [0.25, 0.3) is 11.3 Å². The quantitative estimate of drug-likeness (QED) is 0.794. The largest absolute Gasteiger partial charge is 0.361 e. The minimum absolute atomic E-state index is 0.0386. The van der Waals surface area contributed by atoms with Gasteiger partial charge in [-0.2, -0.15) is 8.42 Å². The van der Waals surface area contributed by atoms with Gasteiger partial charge in [-0.15, -0.1) is 0 Å². The number of hydrogen-bond donors (Lipinski definition) is 0. The lowest BCUT2D eigenvalue weighted by Crippen LogP contribution is -2.02. The van der Waals surface area contributed by atoms with E-state index < -0.39 is 10.1 Å². The maximum Gasteiger partial charge on any atom is 0.264 e. The Kier molecular flexibility index (Phi) is 3.49. The van der Waals surface area contributed by atoms with Gasteiger partial charge in [0.2, 0.25) is 0 Å². The van der Waals surface area contributed by atoms with Gasteiger partial charge in [0.05, 0.1) is 12.9 Å². The van der Waals surface area contributed by atoms with Crippen LogP contribution in [0.5, 0.6) is 0 Å². The second kappa shape index (κ2) is 4.91. The zero-order valence-electron chi connectivity index (χ0n) is 10.1. The number of rotatable bonds is 4. The predicted molar refractivity (Wildman–Crippen MR) is 66.3 cm³/mol. The van der Waals surface area contributed by atoms with Crippen LogP contribution in [0.3, 0.4) is 0 Å². The number of benzene rings is 1. The van der Waals surface area contributed by atoms with E-state index in [1.54, 1.807) is 12.1 Å². The minimum atomic E-state index is -3.41. The van der Waals surface area contributed by atoms with E-state index in [1.807, 2.05) is 25.1 Å². The number of nitrogens with zero attached hydrogens (tertiary/aromatic N) is 1. The highest BCUT2D eigenvalue weighted by molar-refractivity contribution is 7.85. The fourth-order valence-electron chi connectivity index (χ4n) is 1.45. The molecule has 2 aromatic rings. The van der Waals surface area contributed by atoms with Crippen LogP contribution >= 0.6 is 0 Å². The second-order valence-electron chi connectivity index (χ2n) is 3.99. The summed E-state index contributed by atoms with van der Waals surface area (Å²) in [6.07, 6.45) is 1.03. The van der Waals surface area contributed by atoms with Gasteiger partial charge in [0, 0.05) is 11.6 Å². The second-order valence-corrected chi connectivity index (χ2v) is 5.63. The van der Waals surface area contributed by atoms with Crippen molar-refractivity contribution in [2.24, 2.45) is 0 Å². The number of aryl methyl sites for hydroxylation is 1. The Hall–Kier alpha value is -1.66. The molecule has 18 heavy (non-hydrogen) atoms. The van der Waals surface area contributed by atoms with Crippen molar-refractivity contribution in [1.82, 2.24) is 5.16 Å². The summed E-state index contributed by atoms with van der Waals surface area (Å²) >= 11 is 0. The molecule has 0 saturated carbocycles. The molecule has 0 radical (unpaired) electrons. The Balaban J connectivity index is 2.10. The summed E-state index contributed by atoms with van der Waals surface area (Å²) in [7, 11) is -3.41. The van der Waals surface area contributed by atoms with Crippen molar-refractivity contribution in [2.45, 2.75) is 13.5 Å². The van der Waals surface area contributed by atoms with Crippen molar-refractivity contribution in [3.8, 4) is 11.3 Å². The van der Waals surface area contributed by atoms with Gasteiger partial charge in [-0.25, -0.2) is 0 Å². The average Bonchev–Trinajstić information content (AvgIpc) is 2.73. The zero-order valence-corrected chi connectivity index (χ0v) is 10.9. The van der Waals surface area contributed by atoms with Crippen molar-refractivity contribution in [2.75, 3.05) is 6.26 Å². The van der Waals surface area contributed by atoms with E-state index in [2.05, 4.69) is 5.16 Å². The summed E-state index contributed by atoms with van der Waals surface area (Å²) in [4.78, 5) is 0. The Morgan fingerprint density at radius 2 is 1.94 bits per heavy atom. The van der Waals surface area contributed by atoms with Crippen LogP contribution in [0.2, 0.25) is 0 Å². The molecule has 6 heteroatoms. The van der Waals surface area contributed by atoms with E-state index in [0.29, 0.717) is 0 Å². The van der Waals surface area contributed by atoms with Crippen LogP contribution in [0.1, 0.15) is 11.3 Å². The molecule has 0 N–H and O–H groups in total. The highest BCUT2D eigenvalue weighted by Crippen LogP contribution is 2.19. The SMILES string of the molecule is Cc1cc(-c2ccc(COS(C)(=O)=O)cc2)no1. The molecular formula is C12H13NO4S. The van der Waals surface area contributed by atoms with Crippen LogP contribution in [-0.4, -0.2) is 19.8 Å². The summed E-state index contributed by atoms with van der Waals surface area (Å²) in [5.41, 5.74) is 2.45. The predicted octanol–water partition coefficient (Wildman–Crippen LogP) is 2.13. The van der Waals surface area contributed by atoms with Gasteiger partial charge >= 0.3 is 0 Å². The smallest absolute Gasteiger partial charge is 0.264 e. The van der Waals surface area contributed by atoms with Gasteiger partial charge in [-0.05, 0) is 12.5 Å². The fraction of sp³-hybridized carbons (Fsp3) is 0.250. The van der Waals surface area contributed by atoms with E-state index >= 15 is 0 Å². The molecule has 0 aliphatic rings. The van der Waals surface area contributed by atoms with Gasteiger partial charge in [-0.1, -0.05) is 29.4 Å². The summed E-state index contributed by atoms with van der Waals surface area (Å²) in [6, 6.07) is 9.12. The molecule has 1 aromatic heterocycles. The van der Waals surface area contributed by atoms with Gasteiger partial charge in [0.15, 0.2) is 0 Å². The van der Waals surface area contributed by atoms with Crippen molar-refractivity contribution in [3.05, 3.63) is 41.7 Å². The first-order valence-corrected chi connectivity index (χ1v) is 7.13. The minimum Gasteiger partial charge on any atom is -0.361 e. The Labute approximate surface area is 105 Å². The van der Waals surface area contributed by atoms with E-state index in [1.165, 1.54) is 0 Å². The Morgan fingerprint density at radius 3 is 2.44 bits per heavy atom. The monoisotopic (exact) mass is 267 g/mol. The molecule has 0 fully saturated rings. The number of hydrogen-bond acceptors (Lipinski definition) is 5. The summed E-state index contributed by atoms with van der Waals surface area (Å²) in [5.74, 6) is 0.745. The van der Waals surface area contributed by atoms with Crippen LogP contribution in [0.4, 0.5) is 0 Å². The molecule has 0 aliphatic heterocycles. The molecule has 2 rings (SSSR count). The van der Waals surface area contributed by atoms with Gasteiger partial charge in [0.1, 0.15) is 11.5 Å². The standard InChI is InChI=1S/C12H13NO4S/c1-9-7-12(13-17-9)11-5-3-10(4-6-11)8-16-18(2,14)15/h3-7H,8H2,1-2H3. The molecule has 0 amide bonds. The molecule has 5 nitrogen and oxygen atoms in total. The normalized spacial score (nSPS) is 11.7. The zero-order chi connectivity index (χ0) is 13.2. The molecule has 0 unspecified atom stereocenters. The average molecular weight is 267 g/mol. The third-order valence-electron chi connectivity index (χ3n) is 2.32. The van der Waals surface area contributed by atoms with E-state index in [4.69, 9.17) is 8.71 Å². The van der Waals surface area contributed by atoms with Gasteiger partial charge in [0.25, 0.3) is 10.1 Å². The summed E-state index contributed by atoms with van der Waals surface area (Å²) in [5, 5.41) is 3.90. The van der Waals surface area contributed by atoms with E-state index in [9.17, 15) is 8.42 Å². The first-order valence-electron chi connectivity index (χ1n) is 5.31. The third-order valence-corrected chi connectivity index (χ3v) is 2.86. The highest BCUT2D eigenvalue weighted by Gasteiger charge is 2.05. The van der Waals surface area contributed by atoms with Gasteiger partial charge in [-0.3, -0.25) is 4.18 Å². The lowest BCUT2D eigenvalue weighted by Gasteiger charge is -2.02. The molecule has 96 valence electrons. The maximum atomic E-state index is 10.9. The first-order chi connectivity index (χ1) is 8.44. The molecule has 0 bridgehead atoms. The topological polar surface area (TPSA) is 69.4 Å². The van der Waals surface area contributed by atoms with Crippen LogP contribution in [0.15, 0.2) is 34.9 Å². The Bertz CT molecular complexity index is 628. The molecule has 0 atom stereocenters. The molecule has 0 saturated heterocycles. The molecule has 0 aliphatic carbocycles. The summed E-state index contributed by atoms with van der Waals surface area (Å²) in [6.45, 7) is 1.86. The van der Waals surface area contributed by atoms with Crippen LogP contribution in [0, 0.1) is 6.92 Å². The fourth-order valence-corrected chi connectivity index (χ4v) is 1.80. The highest BCUT2D eigenvalue weighted by atomic mass is 32.2. The molecule has 1 heterocycles. The van der Waals surface area contributed by atoms with E-state index in [-0.39, 0.29) is 6.61 Å². The summed E-state index contributed by atoms with van der Waals surface area (Å²) < 4.78 is 31.4. The van der Waals surface area contributed by atoms with Crippen LogP contribution < -0.4 is 0 Å². The van der Waals surface area contributed by atoms with Crippen molar-refractivity contribution >= 4 is 10.1 Å². The molecule has 0 spiro atoms. The van der Waals surface area contributed by atoms with Crippen molar-refractivity contribution in [1.29, 1.82) is 0 Å². The lowest BCUT2D eigenvalue weighted by atomic mass is 10.1. The third kappa shape index (κ3) is 3.41. The Morgan fingerprint density at radius 1 is 1.28 bits per heavy atom.